The zero-order valence-electron chi connectivity index (χ0n) is 26.6. The third kappa shape index (κ3) is 5.39. The van der Waals surface area contributed by atoms with E-state index in [1.807, 2.05) is 6.92 Å². The van der Waals surface area contributed by atoms with E-state index in [1.54, 1.807) is 0 Å². The first-order valence-corrected chi connectivity index (χ1v) is 17.0. The Kier molecular flexibility index (Phi) is 8.75. The highest BCUT2D eigenvalue weighted by Crippen LogP contribution is 2.71. The molecule has 0 radical (unpaired) electrons. The molecule has 5 rings (SSSR count). The Balaban J connectivity index is 1.35. The fourth-order valence-electron chi connectivity index (χ4n) is 10.7. The molecular weight excluding hydrogens is 500 g/mol. The van der Waals surface area contributed by atoms with Crippen LogP contribution in [0.2, 0.25) is 0 Å². The van der Waals surface area contributed by atoms with E-state index in [0.717, 1.165) is 38.5 Å². The van der Waals surface area contributed by atoms with Gasteiger partial charge in [0.2, 0.25) is 0 Å². The Morgan fingerprint density at radius 2 is 1.52 bits per heavy atom. The van der Waals surface area contributed by atoms with E-state index in [-0.39, 0.29) is 41.1 Å². The Bertz CT molecular complexity index is 931. The number of esters is 2. The first-order valence-electron chi connectivity index (χ1n) is 17.0. The van der Waals surface area contributed by atoms with E-state index in [2.05, 4.69) is 41.5 Å². The second kappa shape index (κ2) is 11.5. The summed E-state index contributed by atoms with van der Waals surface area (Å²) >= 11 is 0. The monoisotopic (exact) mass is 558 g/mol. The molecule has 1 heterocycles. The van der Waals surface area contributed by atoms with Gasteiger partial charge in [-0.05, 0) is 124 Å². The lowest BCUT2D eigenvalue weighted by Crippen LogP contribution is -2.55. The van der Waals surface area contributed by atoms with E-state index in [1.165, 1.54) is 38.5 Å². The van der Waals surface area contributed by atoms with Crippen LogP contribution in [0.5, 0.6) is 0 Å². The van der Waals surface area contributed by atoms with Gasteiger partial charge in [0.15, 0.2) is 0 Å². The van der Waals surface area contributed by atoms with Crippen molar-refractivity contribution >= 4 is 11.9 Å². The third-order valence-electron chi connectivity index (χ3n) is 12.7. The van der Waals surface area contributed by atoms with Gasteiger partial charge < -0.3 is 14.2 Å². The number of rotatable bonds is 10. The summed E-state index contributed by atoms with van der Waals surface area (Å²) in [6.07, 6.45) is 14.6. The fourth-order valence-corrected chi connectivity index (χ4v) is 10.7. The highest BCUT2D eigenvalue weighted by Gasteiger charge is 2.71. The van der Waals surface area contributed by atoms with Crippen LogP contribution in [0.4, 0.5) is 0 Å². The van der Waals surface area contributed by atoms with Gasteiger partial charge in [-0.15, -0.1) is 0 Å². The zero-order chi connectivity index (χ0) is 28.9. The maximum atomic E-state index is 12.9. The fraction of sp³-hybridized carbons (Fsp3) is 0.943. The summed E-state index contributed by atoms with van der Waals surface area (Å²) in [6.45, 7) is 16.1. The molecule has 5 aliphatic rings. The SMILES string of the molecule is CCCC(=O)O[C@H]1CC[C@@]2(C)[C@@H](CC[C@@H]3[C@@H]2CC[C@@]2(C)[C@H]3C[C@H](OC(=O)CCC)[C@@H]2[C@]2(C)O[C@@H]2CCC(C)C)C1. The van der Waals surface area contributed by atoms with Gasteiger partial charge in [0.25, 0.3) is 0 Å². The summed E-state index contributed by atoms with van der Waals surface area (Å²) in [6, 6.07) is 0. The third-order valence-corrected chi connectivity index (χ3v) is 12.7. The molecule has 11 atom stereocenters. The van der Waals surface area contributed by atoms with Crippen molar-refractivity contribution < 1.29 is 23.8 Å². The van der Waals surface area contributed by atoms with Crippen LogP contribution in [0.15, 0.2) is 0 Å². The molecule has 1 aliphatic heterocycles. The molecule has 0 N–H and O–H groups in total. The van der Waals surface area contributed by atoms with Crippen LogP contribution >= 0.6 is 0 Å². The molecule has 0 aromatic rings. The lowest BCUT2D eigenvalue weighted by atomic mass is 9.44. The van der Waals surface area contributed by atoms with Gasteiger partial charge in [0, 0.05) is 18.8 Å². The second-order valence-corrected chi connectivity index (χ2v) is 15.6. The smallest absolute Gasteiger partial charge is 0.306 e. The largest absolute Gasteiger partial charge is 0.462 e. The van der Waals surface area contributed by atoms with E-state index in [0.29, 0.717) is 54.0 Å². The summed E-state index contributed by atoms with van der Waals surface area (Å²) < 4.78 is 18.9. The highest BCUT2D eigenvalue weighted by molar-refractivity contribution is 5.69. The van der Waals surface area contributed by atoms with E-state index < -0.39 is 0 Å². The quantitative estimate of drug-likeness (QED) is 0.199. The Morgan fingerprint density at radius 1 is 0.850 bits per heavy atom. The maximum absolute atomic E-state index is 12.9. The summed E-state index contributed by atoms with van der Waals surface area (Å²) in [7, 11) is 0. The molecule has 4 saturated carbocycles. The molecule has 0 bridgehead atoms. The van der Waals surface area contributed by atoms with Crippen LogP contribution in [0.25, 0.3) is 0 Å². The van der Waals surface area contributed by atoms with Crippen LogP contribution in [-0.2, 0) is 23.8 Å². The average Bonchev–Trinajstić information content (AvgIpc) is 3.43. The van der Waals surface area contributed by atoms with Gasteiger partial charge in [-0.1, -0.05) is 41.5 Å². The topological polar surface area (TPSA) is 65.1 Å². The summed E-state index contributed by atoms with van der Waals surface area (Å²) in [5, 5.41) is 0. The van der Waals surface area contributed by atoms with Crippen molar-refractivity contribution in [3.05, 3.63) is 0 Å². The van der Waals surface area contributed by atoms with Gasteiger partial charge in [0.05, 0.1) is 11.7 Å². The molecule has 1 saturated heterocycles. The molecule has 228 valence electrons. The van der Waals surface area contributed by atoms with Gasteiger partial charge in [0.1, 0.15) is 12.2 Å². The van der Waals surface area contributed by atoms with Crippen molar-refractivity contribution in [2.75, 3.05) is 0 Å². The summed E-state index contributed by atoms with van der Waals surface area (Å²) in [4.78, 5) is 25.1. The second-order valence-electron chi connectivity index (χ2n) is 15.6. The minimum absolute atomic E-state index is 0.0126. The van der Waals surface area contributed by atoms with Crippen molar-refractivity contribution in [3.8, 4) is 0 Å². The van der Waals surface area contributed by atoms with E-state index >= 15 is 0 Å². The van der Waals surface area contributed by atoms with Crippen molar-refractivity contribution in [2.24, 2.45) is 46.3 Å². The molecule has 40 heavy (non-hydrogen) atoms. The van der Waals surface area contributed by atoms with Crippen LogP contribution in [0, 0.1) is 46.3 Å². The van der Waals surface area contributed by atoms with Crippen LogP contribution < -0.4 is 0 Å². The predicted octanol–water partition coefficient (Wildman–Crippen LogP) is 8.27. The number of epoxide rings is 1. The minimum atomic E-state index is -0.177. The van der Waals surface area contributed by atoms with Crippen molar-refractivity contribution in [1.82, 2.24) is 0 Å². The molecule has 5 heteroatoms. The first kappa shape index (κ1) is 30.4. The Labute approximate surface area is 244 Å². The Morgan fingerprint density at radius 3 is 2.20 bits per heavy atom. The minimum Gasteiger partial charge on any atom is -0.462 e. The van der Waals surface area contributed by atoms with Crippen LogP contribution in [0.1, 0.15) is 138 Å². The Hall–Kier alpha value is -1.10. The van der Waals surface area contributed by atoms with Crippen LogP contribution in [-0.4, -0.2) is 35.9 Å². The van der Waals surface area contributed by atoms with Crippen molar-refractivity contribution in [2.45, 2.75) is 162 Å². The summed E-state index contributed by atoms with van der Waals surface area (Å²) in [5.74, 6) is 3.55. The van der Waals surface area contributed by atoms with Crippen LogP contribution in [0.3, 0.4) is 0 Å². The zero-order valence-corrected chi connectivity index (χ0v) is 26.6. The molecule has 4 aliphatic carbocycles. The number of carbonyl (C=O) groups excluding carboxylic acids is 2. The molecule has 0 aromatic carbocycles. The van der Waals surface area contributed by atoms with E-state index in [9.17, 15) is 9.59 Å². The average molecular weight is 559 g/mol. The van der Waals surface area contributed by atoms with E-state index in [4.69, 9.17) is 14.2 Å². The molecule has 0 amide bonds. The maximum Gasteiger partial charge on any atom is 0.306 e. The van der Waals surface area contributed by atoms with Gasteiger partial charge in [-0.2, -0.15) is 0 Å². The van der Waals surface area contributed by atoms with Gasteiger partial charge in [-0.25, -0.2) is 0 Å². The summed E-state index contributed by atoms with van der Waals surface area (Å²) in [5.41, 5.74) is 0.295. The standard InChI is InChI=1S/C35H58O5/c1-8-10-30(36)38-24-16-18-33(5)23(20-24)13-14-25-26(33)17-19-34(6)27(25)21-28(39-31(37)11-9-2)32(34)35(7)29(40-35)15-12-22(3)4/h22-29,32H,8-21H2,1-7H3/t23-,24-,25+,26-,27-,28-,29+,32-,33-,34-,35+/m0/s1. The van der Waals surface area contributed by atoms with Crippen molar-refractivity contribution in [1.29, 1.82) is 0 Å². The van der Waals surface area contributed by atoms with Crippen molar-refractivity contribution in [3.63, 3.8) is 0 Å². The molecule has 5 fully saturated rings. The normalized spacial score (nSPS) is 45.8. The number of carbonyl (C=O) groups is 2. The lowest BCUT2D eigenvalue weighted by molar-refractivity contribution is -0.163. The number of ether oxygens (including phenoxy) is 3. The number of hydrogen-bond acceptors (Lipinski definition) is 5. The first-order chi connectivity index (χ1) is 19.0. The number of hydrogen-bond donors (Lipinski definition) is 0. The van der Waals surface area contributed by atoms with Gasteiger partial charge >= 0.3 is 11.9 Å². The lowest BCUT2D eigenvalue weighted by Gasteiger charge is -2.61. The molecule has 0 aromatic heterocycles. The number of fused-ring (bicyclic) bond motifs is 5. The molecule has 0 spiro atoms. The predicted molar refractivity (Wildman–Crippen MR) is 158 cm³/mol. The highest BCUT2D eigenvalue weighted by atomic mass is 16.6. The molecule has 0 unspecified atom stereocenters. The molecule has 5 nitrogen and oxygen atoms in total. The molecular formula is C35H58O5. The van der Waals surface area contributed by atoms with Gasteiger partial charge in [-0.3, -0.25) is 9.59 Å².